The van der Waals surface area contributed by atoms with Crippen LogP contribution in [0.5, 0.6) is 0 Å². The van der Waals surface area contributed by atoms with Crippen LogP contribution in [0, 0.1) is 0 Å². The van der Waals surface area contributed by atoms with Crippen LogP contribution >= 0.6 is 0 Å². The standard InChI is InChI=1S/C12H10Si.2ClH.2Zr/c1-3-7-11(8-4-1)13-12-9-5-2-6-10-12;;;;/h1-10H;2*1H;;/q;;;2*+3/p-2. The summed E-state index contributed by atoms with van der Waals surface area (Å²) in [6.45, 7) is 0. The first kappa shape index (κ1) is 23.1. The monoisotopic (exact) mass is 432 g/mol. The number of rotatable bonds is 2. The number of hydrogen-bond acceptors (Lipinski definition) is 0. The Kier molecular flexibility index (Phi) is 18.3. The third kappa shape index (κ3) is 8.68. The summed E-state index contributed by atoms with van der Waals surface area (Å²) in [5.41, 5.74) is 0. The molecule has 0 saturated carbocycles. The summed E-state index contributed by atoms with van der Waals surface area (Å²) in [6.07, 6.45) is 0. The minimum atomic E-state index is 0. The first-order valence-electron chi connectivity index (χ1n) is 4.32. The minimum Gasteiger partial charge on any atom is -1.00 e. The van der Waals surface area contributed by atoms with E-state index in [9.17, 15) is 0 Å². The molecular formula is C12H10Cl2SiZr2+4. The minimum absolute atomic E-state index is 0. The van der Waals surface area contributed by atoms with Gasteiger partial charge in [0.05, 0.1) is 0 Å². The van der Waals surface area contributed by atoms with Gasteiger partial charge in [-0.1, -0.05) is 71.0 Å². The quantitative estimate of drug-likeness (QED) is 0.416. The summed E-state index contributed by atoms with van der Waals surface area (Å²) >= 11 is 0. The van der Waals surface area contributed by atoms with E-state index in [1.165, 1.54) is 10.4 Å². The van der Waals surface area contributed by atoms with Crippen molar-refractivity contribution in [1.82, 2.24) is 0 Å². The van der Waals surface area contributed by atoms with Crippen LogP contribution < -0.4 is 35.2 Å². The molecule has 2 rings (SSSR count). The molecule has 0 aliphatic carbocycles. The van der Waals surface area contributed by atoms with Crippen LogP contribution in [0.1, 0.15) is 0 Å². The molecule has 0 saturated heterocycles. The van der Waals surface area contributed by atoms with E-state index >= 15 is 0 Å². The van der Waals surface area contributed by atoms with Crippen molar-refractivity contribution in [2.24, 2.45) is 0 Å². The second kappa shape index (κ2) is 13.4. The number of halogens is 2. The molecule has 2 aromatic rings. The second-order valence-corrected chi connectivity index (χ2v) is 4.26. The smallest absolute Gasteiger partial charge is 1.00 e. The van der Waals surface area contributed by atoms with E-state index in [-0.39, 0.29) is 77.2 Å². The van der Waals surface area contributed by atoms with Gasteiger partial charge in [-0.05, 0) is 0 Å². The summed E-state index contributed by atoms with van der Waals surface area (Å²) in [5, 5.41) is 2.79. The SMILES string of the molecule is [Cl-].[Cl-].[Zr+3].[Zr+3].c1ccc([Si]c2ccccc2)cc1. The van der Waals surface area contributed by atoms with Gasteiger partial charge in [-0.15, -0.1) is 0 Å². The summed E-state index contributed by atoms with van der Waals surface area (Å²) in [5.74, 6) is 0. The van der Waals surface area contributed by atoms with Gasteiger partial charge in [-0.3, -0.25) is 0 Å². The molecule has 4 radical (unpaired) electrons. The molecule has 0 heterocycles. The Morgan fingerprint density at radius 2 is 0.824 bits per heavy atom. The summed E-state index contributed by atoms with van der Waals surface area (Å²) < 4.78 is 0. The Morgan fingerprint density at radius 1 is 0.529 bits per heavy atom. The van der Waals surface area contributed by atoms with Crippen molar-refractivity contribution in [3.8, 4) is 0 Å². The van der Waals surface area contributed by atoms with Gasteiger partial charge in [0.25, 0.3) is 0 Å². The molecule has 0 bridgehead atoms. The number of hydrogen-bond donors (Lipinski definition) is 0. The first-order valence-corrected chi connectivity index (χ1v) is 5.32. The molecule has 0 atom stereocenters. The average Bonchev–Trinajstić information content (AvgIpc) is 2.21. The Labute approximate surface area is 156 Å². The van der Waals surface area contributed by atoms with E-state index in [4.69, 9.17) is 0 Å². The topological polar surface area (TPSA) is 0 Å². The molecule has 0 fully saturated rings. The van der Waals surface area contributed by atoms with Gasteiger partial charge in [0.1, 0.15) is 9.52 Å². The molecule has 80 valence electrons. The van der Waals surface area contributed by atoms with Crippen molar-refractivity contribution in [2.75, 3.05) is 0 Å². The van der Waals surface area contributed by atoms with E-state index in [2.05, 4.69) is 60.7 Å². The van der Waals surface area contributed by atoms with Crippen molar-refractivity contribution in [3.63, 3.8) is 0 Å². The molecule has 0 aromatic heterocycles. The van der Waals surface area contributed by atoms with Crippen molar-refractivity contribution in [3.05, 3.63) is 60.7 Å². The van der Waals surface area contributed by atoms with Crippen LogP contribution in [0.25, 0.3) is 0 Å². The summed E-state index contributed by atoms with van der Waals surface area (Å²) in [7, 11) is 0.777. The van der Waals surface area contributed by atoms with Gasteiger partial charge in [0.15, 0.2) is 0 Å². The zero-order valence-electron chi connectivity index (χ0n) is 9.03. The third-order valence-corrected chi connectivity index (χ3v) is 3.08. The predicted octanol–water partition coefficient (Wildman–Crippen LogP) is -4.66. The van der Waals surface area contributed by atoms with Gasteiger partial charge in [-0.2, -0.15) is 0 Å². The molecule has 17 heavy (non-hydrogen) atoms. The Balaban J connectivity index is -0.000000490. The first-order chi connectivity index (χ1) is 6.45. The van der Waals surface area contributed by atoms with Crippen LogP contribution in [0.3, 0.4) is 0 Å². The van der Waals surface area contributed by atoms with E-state index in [1.807, 2.05) is 0 Å². The molecule has 0 aliphatic rings. The summed E-state index contributed by atoms with van der Waals surface area (Å²) in [4.78, 5) is 0. The molecular weight excluding hydrogens is 426 g/mol. The number of benzene rings is 2. The Bertz CT molecular complexity index is 333. The van der Waals surface area contributed by atoms with Gasteiger partial charge in [0, 0.05) is 0 Å². The van der Waals surface area contributed by atoms with Crippen LogP contribution in [0.15, 0.2) is 60.7 Å². The molecule has 0 aliphatic heterocycles. The zero-order chi connectivity index (χ0) is 8.93. The third-order valence-electron chi connectivity index (χ3n) is 1.84. The fourth-order valence-electron chi connectivity index (χ4n) is 1.21. The average molecular weight is 436 g/mol. The molecule has 2 aromatic carbocycles. The maximum Gasteiger partial charge on any atom is 3.00 e. The maximum atomic E-state index is 2.17. The Morgan fingerprint density at radius 3 is 1.12 bits per heavy atom. The second-order valence-electron chi connectivity index (χ2n) is 2.86. The normalized spacial score (nSPS) is 7.53. The van der Waals surface area contributed by atoms with Crippen molar-refractivity contribution in [1.29, 1.82) is 0 Å². The maximum absolute atomic E-state index is 2.17. The zero-order valence-corrected chi connectivity index (χ0v) is 16.5. The van der Waals surface area contributed by atoms with Gasteiger partial charge >= 0.3 is 52.4 Å². The fourth-order valence-corrected chi connectivity index (χ4v) is 2.26. The molecule has 5 heteroatoms. The van der Waals surface area contributed by atoms with Crippen LogP contribution in [0.4, 0.5) is 0 Å². The van der Waals surface area contributed by atoms with Crippen molar-refractivity contribution in [2.45, 2.75) is 0 Å². The van der Waals surface area contributed by atoms with Crippen LogP contribution in [0.2, 0.25) is 0 Å². The van der Waals surface area contributed by atoms with E-state index in [0.29, 0.717) is 0 Å². The summed E-state index contributed by atoms with van der Waals surface area (Å²) in [6, 6.07) is 21.2. The molecule has 0 amide bonds. The molecule has 0 N–H and O–H groups in total. The predicted molar refractivity (Wildman–Crippen MR) is 57.9 cm³/mol. The molecule has 0 unspecified atom stereocenters. The van der Waals surface area contributed by atoms with E-state index in [0.717, 1.165) is 9.52 Å². The van der Waals surface area contributed by atoms with Gasteiger partial charge in [0.2, 0.25) is 0 Å². The van der Waals surface area contributed by atoms with E-state index < -0.39 is 0 Å². The van der Waals surface area contributed by atoms with Crippen molar-refractivity contribution < 1.29 is 77.2 Å². The van der Waals surface area contributed by atoms with Crippen molar-refractivity contribution >= 4 is 19.9 Å². The van der Waals surface area contributed by atoms with E-state index in [1.54, 1.807) is 0 Å². The molecule has 0 spiro atoms. The molecule has 0 nitrogen and oxygen atoms in total. The van der Waals surface area contributed by atoms with Crippen LogP contribution in [-0.4, -0.2) is 9.52 Å². The van der Waals surface area contributed by atoms with Gasteiger partial charge < -0.3 is 24.8 Å². The van der Waals surface area contributed by atoms with Crippen LogP contribution in [-0.2, 0) is 52.4 Å². The largest absolute Gasteiger partial charge is 3.00 e. The fraction of sp³-hybridized carbons (Fsp3) is 0. The Hall–Kier alpha value is 1.00. The van der Waals surface area contributed by atoms with Gasteiger partial charge in [-0.25, -0.2) is 0 Å².